The van der Waals surface area contributed by atoms with Crippen molar-refractivity contribution < 1.29 is 36.6 Å². The highest BCUT2D eigenvalue weighted by atomic mass is 19.4. The average Bonchev–Trinajstić information content (AvgIpc) is 2.90. The van der Waals surface area contributed by atoms with Crippen LogP contribution in [-0.4, -0.2) is 38.6 Å². The second-order valence-electron chi connectivity index (χ2n) is 10.3. The number of nitrogens with zero attached hydrogens (tertiary/aromatic N) is 2. The molecule has 4 rings (SSSR count). The van der Waals surface area contributed by atoms with Gasteiger partial charge in [0.2, 0.25) is 0 Å². The summed E-state index contributed by atoms with van der Waals surface area (Å²) < 4.78 is 72.6. The van der Waals surface area contributed by atoms with E-state index in [1.807, 2.05) is 0 Å². The number of carboxylic acids is 1. The molecule has 0 aliphatic carbocycles. The van der Waals surface area contributed by atoms with Crippen molar-refractivity contribution in [1.82, 2.24) is 14.9 Å². The van der Waals surface area contributed by atoms with Crippen molar-refractivity contribution in [2.75, 3.05) is 5.32 Å². The lowest BCUT2D eigenvalue weighted by atomic mass is 9.93. The van der Waals surface area contributed by atoms with Gasteiger partial charge in [-0.1, -0.05) is 18.2 Å². The average molecular weight is 603 g/mol. The number of alkyl halides is 3. The molecule has 0 aliphatic heterocycles. The number of hydrogen-bond acceptors (Lipinski definition) is 5. The van der Waals surface area contributed by atoms with Crippen molar-refractivity contribution in [3.8, 4) is 11.1 Å². The molecule has 0 unspecified atom stereocenters. The summed E-state index contributed by atoms with van der Waals surface area (Å²) in [7, 11) is 1.34. The van der Waals surface area contributed by atoms with Crippen LogP contribution >= 0.6 is 0 Å². The van der Waals surface area contributed by atoms with E-state index in [2.05, 4.69) is 15.6 Å². The van der Waals surface area contributed by atoms with E-state index in [0.717, 1.165) is 22.8 Å². The van der Waals surface area contributed by atoms with E-state index in [9.17, 15) is 41.4 Å². The molecule has 0 spiro atoms. The third-order valence-corrected chi connectivity index (χ3v) is 6.86. The van der Waals surface area contributed by atoms with Crippen LogP contribution in [0.15, 0.2) is 53.5 Å². The predicted octanol–water partition coefficient (Wildman–Crippen LogP) is 5.45. The SMILES string of the molecule is Cc1cc(C(F)(F)F)c(-c2ccc(C[C@H](NC(=O)c3c(F)cc(NC(C)C)cc3F)C(=O)O)c3cccnc23)c(=O)n1C. The number of fused-ring (bicyclic) bond motifs is 1. The first-order valence-electron chi connectivity index (χ1n) is 13.0. The van der Waals surface area contributed by atoms with Crippen molar-refractivity contribution in [3.05, 3.63) is 93.0 Å². The Morgan fingerprint density at radius 1 is 1.07 bits per heavy atom. The number of benzene rings is 2. The van der Waals surface area contributed by atoms with Gasteiger partial charge in [0, 0.05) is 48.0 Å². The first-order chi connectivity index (χ1) is 20.1. The van der Waals surface area contributed by atoms with Crippen molar-refractivity contribution >= 4 is 28.5 Å². The molecule has 4 aromatic rings. The summed E-state index contributed by atoms with van der Waals surface area (Å²) in [5.74, 6) is -5.25. The fourth-order valence-electron chi connectivity index (χ4n) is 4.77. The third-order valence-electron chi connectivity index (χ3n) is 6.86. The van der Waals surface area contributed by atoms with Gasteiger partial charge in [-0.3, -0.25) is 14.6 Å². The van der Waals surface area contributed by atoms with Crippen LogP contribution in [0.2, 0.25) is 0 Å². The summed E-state index contributed by atoms with van der Waals surface area (Å²) in [6.07, 6.45) is -3.97. The topological polar surface area (TPSA) is 113 Å². The van der Waals surface area contributed by atoms with Gasteiger partial charge in [0.15, 0.2) is 0 Å². The Morgan fingerprint density at radius 2 is 1.72 bits per heavy atom. The minimum absolute atomic E-state index is 0.00718. The van der Waals surface area contributed by atoms with E-state index in [1.54, 1.807) is 13.8 Å². The second-order valence-corrected chi connectivity index (χ2v) is 10.3. The largest absolute Gasteiger partial charge is 0.480 e. The molecule has 3 N–H and O–H groups in total. The molecule has 1 atom stereocenters. The number of nitrogens with one attached hydrogen (secondary N) is 2. The van der Waals surface area contributed by atoms with Crippen LogP contribution in [-0.2, 0) is 24.4 Å². The zero-order valence-corrected chi connectivity index (χ0v) is 23.4. The number of aliphatic carboxylic acids is 1. The summed E-state index contributed by atoms with van der Waals surface area (Å²) in [6, 6.07) is 6.35. The van der Waals surface area contributed by atoms with Gasteiger partial charge in [-0.15, -0.1) is 0 Å². The molecule has 8 nitrogen and oxygen atoms in total. The number of carbonyl (C=O) groups excluding carboxylic acids is 1. The zero-order chi connectivity index (χ0) is 31.8. The highest BCUT2D eigenvalue weighted by molar-refractivity contribution is 5.99. The Balaban J connectivity index is 1.75. The van der Waals surface area contributed by atoms with Crippen LogP contribution in [0.1, 0.15) is 41.0 Å². The van der Waals surface area contributed by atoms with Crippen molar-refractivity contribution in [2.24, 2.45) is 7.05 Å². The number of aromatic nitrogens is 2. The van der Waals surface area contributed by atoms with E-state index >= 15 is 0 Å². The van der Waals surface area contributed by atoms with Gasteiger partial charge < -0.3 is 20.3 Å². The number of anilines is 1. The number of carbonyl (C=O) groups is 2. The predicted molar refractivity (Wildman–Crippen MR) is 150 cm³/mol. The molecular formula is C30H27F5N4O4. The van der Waals surface area contributed by atoms with Crippen LogP contribution in [0, 0.1) is 18.6 Å². The van der Waals surface area contributed by atoms with Gasteiger partial charge in [0.1, 0.15) is 23.2 Å². The van der Waals surface area contributed by atoms with Gasteiger partial charge in [0.25, 0.3) is 11.5 Å². The van der Waals surface area contributed by atoms with Gasteiger partial charge in [-0.25, -0.2) is 13.6 Å². The van der Waals surface area contributed by atoms with Crippen LogP contribution in [0.25, 0.3) is 22.0 Å². The second kappa shape index (κ2) is 11.8. The Kier molecular flexibility index (Phi) is 8.56. The first kappa shape index (κ1) is 31.1. The maximum absolute atomic E-state index is 14.7. The van der Waals surface area contributed by atoms with Gasteiger partial charge in [-0.05, 0) is 50.6 Å². The third kappa shape index (κ3) is 6.35. The number of pyridine rings is 2. The van der Waals surface area contributed by atoms with E-state index in [0.29, 0.717) is 0 Å². The molecule has 13 heteroatoms. The normalized spacial score (nSPS) is 12.4. The smallest absolute Gasteiger partial charge is 0.417 e. The van der Waals surface area contributed by atoms with E-state index in [4.69, 9.17) is 0 Å². The summed E-state index contributed by atoms with van der Waals surface area (Å²) in [6.45, 7) is 4.86. The number of amides is 1. The maximum atomic E-state index is 14.7. The standard InChI is InChI=1S/C30H27F5N4O4/c1-14(2)37-17-12-21(31)25(22(32)13-17)27(40)38-23(29(42)43)11-16-7-8-19(26-18(16)6-5-9-36-26)24-20(30(33,34)35)10-15(3)39(4)28(24)41/h5-10,12-14,23,37H,11H2,1-4H3,(H,38,40)(H,42,43)/t23-/m0/s1. The Labute approximate surface area is 242 Å². The lowest BCUT2D eigenvalue weighted by Crippen LogP contribution is -2.43. The minimum Gasteiger partial charge on any atom is -0.480 e. The lowest BCUT2D eigenvalue weighted by Gasteiger charge is -2.19. The van der Waals surface area contributed by atoms with E-state index in [-0.39, 0.29) is 39.5 Å². The summed E-state index contributed by atoms with van der Waals surface area (Å²) in [5.41, 5.74) is -3.36. The molecule has 226 valence electrons. The number of hydrogen-bond donors (Lipinski definition) is 3. The van der Waals surface area contributed by atoms with Gasteiger partial charge >= 0.3 is 12.1 Å². The molecule has 2 aromatic carbocycles. The molecular weight excluding hydrogens is 575 g/mol. The molecule has 2 heterocycles. The molecule has 0 radical (unpaired) electrons. The molecule has 2 aromatic heterocycles. The van der Waals surface area contributed by atoms with E-state index < -0.39 is 64.4 Å². The van der Waals surface area contributed by atoms with Crippen LogP contribution < -0.4 is 16.2 Å². The molecule has 0 fully saturated rings. The molecule has 0 aliphatic rings. The quantitative estimate of drug-likeness (QED) is 0.231. The highest BCUT2D eigenvalue weighted by Gasteiger charge is 2.37. The first-order valence-corrected chi connectivity index (χ1v) is 13.0. The van der Waals surface area contributed by atoms with Crippen molar-refractivity contribution in [1.29, 1.82) is 0 Å². The Bertz CT molecular complexity index is 1780. The van der Waals surface area contributed by atoms with Gasteiger partial charge in [-0.2, -0.15) is 13.2 Å². The summed E-state index contributed by atoms with van der Waals surface area (Å²) in [5, 5.41) is 15.0. The zero-order valence-electron chi connectivity index (χ0n) is 23.4. The summed E-state index contributed by atoms with van der Waals surface area (Å²) in [4.78, 5) is 42.2. The van der Waals surface area contributed by atoms with Crippen LogP contribution in [0.5, 0.6) is 0 Å². The molecule has 43 heavy (non-hydrogen) atoms. The maximum Gasteiger partial charge on any atom is 0.417 e. The van der Waals surface area contributed by atoms with Crippen LogP contribution in [0.4, 0.5) is 27.6 Å². The van der Waals surface area contributed by atoms with Crippen LogP contribution in [0.3, 0.4) is 0 Å². The summed E-state index contributed by atoms with van der Waals surface area (Å²) >= 11 is 0. The van der Waals surface area contributed by atoms with Gasteiger partial charge in [0.05, 0.1) is 16.6 Å². The molecule has 0 saturated heterocycles. The molecule has 1 amide bonds. The molecule has 0 saturated carbocycles. The van der Waals surface area contributed by atoms with E-state index in [1.165, 1.54) is 44.4 Å². The Morgan fingerprint density at radius 3 is 2.30 bits per heavy atom. The fourth-order valence-corrected chi connectivity index (χ4v) is 4.77. The minimum atomic E-state index is -4.86. The number of aryl methyl sites for hydroxylation is 1. The molecule has 0 bridgehead atoms. The fraction of sp³-hybridized carbons (Fsp3) is 0.267. The van der Waals surface area contributed by atoms with Crippen molar-refractivity contribution in [2.45, 2.75) is 45.5 Å². The Hall–Kier alpha value is -4.81. The number of halogens is 5. The van der Waals surface area contributed by atoms with Crippen molar-refractivity contribution in [3.63, 3.8) is 0 Å². The lowest BCUT2D eigenvalue weighted by molar-refractivity contribution is -0.139. The highest BCUT2D eigenvalue weighted by Crippen LogP contribution is 2.38. The number of carboxylic acid groups (broad SMARTS) is 1. The monoisotopic (exact) mass is 602 g/mol. The number of rotatable bonds is 8.